The molecule has 1 saturated heterocycles. The van der Waals surface area contributed by atoms with E-state index >= 15 is 0 Å². The smallest absolute Gasteiger partial charge is 0.295 e. The number of ketones is 1. The van der Waals surface area contributed by atoms with E-state index in [9.17, 15) is 14.7 Å². The average Bonchev–Trinajstić information content (AvgIpc) is 2.98. The largest absolute Gasteiger partial charge is 0.507 e. The molecule has 0 aromatic heterocycles. The third kappa shape index (κ3) is 5.69. The first-order valence-corrected chi connectivity index (χ1v) is 11.5. The summed E-state index contributed by atoms with van der Waals surface area (Å²) in [5.74, 6) is -1.01. The lowest BCUT2D eigenvalue weighted by molar-refractivity contribution is -0.139. The molecule has 1 aliphatic rings. The molecular formula is C25H28Cl2N2O4. The zero-order chi connectivity index (χ0) is 24.3. The molecule has 1 amide bonds. The number of carbonyl (C=O) groups is 2. The lowest BCUT2D eigenvalue weighted by Crippen LogP contribution is -2.32. The van der Waals surface area contributed by atoms with Crippen LogP contribution in [0.2, 0.25) is 10.0 Å². The van der Waals surface area contributed by atoms with Gasteiger partial charge in [0.1, 0.15) is 11.5 Å². The Morgan fingerprint density at radius 2 is 1.79 bits per heavy atom. The van der Waals surface area contributed by atoms with Gasteiger partial charge < -0.3 is 19.6 Å². The highest BCUT2D eigenvalue weighted by atomic mass is 35.5. The number of likely N-dealkylation sites (tertiary alicyclic amines) is 1. The summed E-state index contributed by atoms with van der Waals surface area (Å²) in [7, 11) is 3.88. The zero-order valence-electron chi connectivity index (χ0n) is 19.1. The summed E-state index contributed by atoms with van der Waals surface area (Å²) in [6.07, 6.45) is 0.659. The van der Waals surface area contributed by atoms with E-state index in [0.717, 1.165) is 6.54 Å². The number of aliphatic hydroxyl groups is 1. The van der Waals surface area contributed by atoms with E-state index in [-0.39, 0.29) is 17.4 Å². The van der Waals surface area contributed by atoms with Gasteiger partial charge in [0, 0.05) is 22.2 Å². The van der Waals surface area contributed by atoms with Gasteiger partial charge in [-0.3, -0.25) is 9.59 Å². The first-order valence-electron chi connectivity index (χ1n) is 10.7. The maximum Gasteiger partial charge on any atom is 0.295 e. The highest BCUT2D eigenvalue weighted by Crippen LogP contribution is 2.42. The maximum absolute atomic E-state index is 13.1. The summed E-state index contributed by atoms with van der Waals surface area (Å²) in [5, 5.41) is 11.9. The van der Waals surface area contributed by atoms with E-state index in [4.69, 9.17) is 27.9 Å². The topological polar surface area (TPSA) is 70.1 Å². The van der Waals surface area contributed by atoms with E-state index in [1.54, 1.807) is 42.5 Å². The lowest BCUT2D eigenvalue weighted by atomic mass is 9.95. The second kappa shape index (κ2) is 10.6. The predicted molar refractivity (Wildman–Crippen MR) is 131 cm³/mol. The van der Waals surface area contributed by atoms with Gasteiger partial charge in [0.25, 0.3) is 11.7 Å². The monoisotopic (exact) mass is 490 g/mol. The van der Waals surface area contributed by atoms with Crippen molar-refractivity contribution in [3.63, 3.8) is 0 Å². The standard InChI is InChI=1S/C25H28Cl2N2O4/c1-15(2)33-18-9-6-16(7-10-18)23(30)21-22(19-11-8-17(26)14-20(19)27)29(25(32)24(21)31)13-5-12-28(3)4/h6-11,14-15,22,30H,5,12-13H2,1-4H3/t22-/m0/s1. The number of nitrogens with zero attached hydrogens (tertiary/aromatic N) is 2. The first kappa shape index (κ1) is 25.1. The molecule has 0 aliphatic carbocycles. The van der Waals surface area contributed by atoms with Gasteiger partial charge in [0.2, 0.25) is 0 Å². The van der Waals surface area contributed by atoms with Gasteiger partial charge in [0.15, 0.2) is 0 Å². The van der Waals surface area contributed by atoms with E-state index in [0.29, 0.717) is 39.9 Å². The summed E-state index contributed by atoms with van der Waals surface area (Å²) < 4.78 is 5.65. The zero-order valence-corrected chi connectivity index (χ0v) is 20.7. The molecule has 0 bridgehead atoms. The Bertz CT molecular complexity index is 1060. The van der Waals surface area contributed by atoms with Gasteiger partial charge in [-0.2, -0.15) is 0 Å². The van der Waals surface area contributed by atoms with Crippen molar-refractivity contribution < 1.29 is 19.4 Å². The van der Waals surface area contributed by atoms with Crippen LogP contribution in [-0.2, 0) is 9.59 Å². The fourth-order valence-electron chi connectivity index (χ4n) is 3.83. The third-order valence-electron chi connectivity index (χ3n) is 5.30. The SMILES string of the molecule is CC(C)Oc1ccc(C(O)=C2C(=O)C(=O)N(CCCN(C)C)[C@H]2c2ccc(Cl)cc2Cl)cc1. The second-order valence-corrected chi connectivity index (χ2v) is 9.35. The fraction of sp³-hybridized carbons (Fsp3) is 0.360. The number of ether oxygens (including phenoxy) is 1. The van der Waals surface area contributed by atoms with Gasteiger partial charge in [0.05, 0.1) is 17.7 Å². The molecule has 1 heterocycles. The van der Waals surface area contributed by atoms with Crippen LogP contribution in [0.4, 0.5) is 0 Å². The van der Waals surface area contributed by atoms with Crippen LogP contribution in [0.15, 0.2) is 48.0 Å². The molecule has 1 fully saturated rings. The van der Waals surface area contributed by atoms with Gasteiger partial charge in [-0.1, -0.05) is 29.3 Å². The highest BCUT2D eigenvalue weighted by molar-refractivity contribution is 6.47. The van der Waals surface area contributed by atoms with Crippen LogP contribution in [0.5, 0.6) is 5.75 Å². The van der Waals surface area contributed by atoms with E-state index in [1.165, 1.54) is 4.90 Å². The normalized spacial score (nSPS) is 17.9. The maximum atomic E-state index is 13.1. The molecule has 3 rings (SSSR count). The Morgan fingerprint density at radius 3 is 2.36 bits per heavy atom. The Balaban J connectivity index is 2.08. The minimum absolute atomic E-state index is 0.00369. The van der Waals surface area contributed by atoms with Crippen molar-refractivity contribution in [2.24, 2.45) is 0 Å². The number of amides is 1. The molecule has 176 valence electrons. The number of hydrogen-bond acceptors (Lipinski definition) is 5. The van der Waals surface area contributed by atoms with Crippen molar-refractivity contribution >= 4 is 40.7 Å². The quantitative estimate of drug-likeness (QED) is 0.314. The van der Waals surface area contributed by atoms with Gasteiger partial charge >= 0.3 is 0 Å². The molecule has 2 aromatic rings. The van der Waals surface area contributed by atoms with Crippen molar-refractivity contribution in [3.05, 3.63) is 69.2 Å². The van der Waals surface area contributed by atoms with Crippen molar-refractivity contribution in [1.29, 1.82) is 0 Å². The van der Waals surface area contributed by atoms with Crippen LogP contribution in [0.3, 0.4) is 0 Å². The second-order valence-electron chi connectivity index (χ2n) is 8.51. The number of benzene rings is 2. The van der Waals surface area contributed by atoms with Crippen LogP contribution < -0.4 is 4.74 Å². The molecule has 2 aromatic carbocycles. The number of aliphatic hydroxyl groups excluding tert-OH is 1. The van der Waals surface area contributed by atoms with Crippen LogP contribution in [-0.4, -0.2) is 59.9 Å². The minimum atomic E-state index is -0.816. The lowest BCUT2D eigenvalue weighted by Gasteiger charge is -2.26. The number of Topliss-reactive ketones (excluding diaryl/α,β-unsaturated/α-hetero) is 1. The molecule has 33 heavy (non-hydrogen) atoms. The number of hydrogen-bond donors (Lipinski definition) is 1. The van der Waals surface area contributed by atoms with Crippen molar-refractivity contribution in [1.82, 2.24) is 9.80 Å². The molecule has 1 N–H and O–H groups in total. The minimum Gasteiger partial charge on any atom is -0.507 e. The highest BCUT2D eigenvalue weighted by Gasteiger charge is 2.46. The molecular weight excluding hydrogens is 463 g/mol. The number of carbonyl (C=O) groups excluding carboxylic acids is 2. The molecule has 6 nitrogen and oxygen atoms in total. The number of halogens is 2. The number of rotatable bonds is 8. The summed E-state index contributed by atoms with van der Waals surface area (Å²) >= 11 is 12.5. The summed E-state index contributed by atoms with van der Waals surface area (Å²) in [6, 6.07) is 10.8. The molecule has 1 atom stereocenters. The summed E-state index contributed by atoms with van der Waals surface area (Å²) in [5.41, 5.74) is 0.950. The van der Waals surface area contributed by atoms with Gasteiger partial charge in [-0.15, -0.1) is 0 Å². The molecule has 0 saturated carbocycles. The third-order valence-corrected chi connectivity index (χ3v) is 5.86. The van der Waals surface area contributed by atoms with Crippen LogP contribution in [0, 0.1) is 0 Å². The average molecular weight is 491 g/mol. The first-order chi connectivity index (χ1) is 15.6. The van der Waals surface area contributed by atoms with Crippen LogP contribution in [0.1, 0.15) is 37.4 Å². The Morgan fingerprint density at radius 1 is 1.12 bits per heavy atom. The van der Waals surface area contributed by atoms with Crippen molar-refractivity contribution in [3.8, 4) is 5.75 Å². The van der Waals surface area contributed by atoms with Crippen molar-refractivity contribution in [2.75, 3.05) is 27.2 Å². The molecule has 0 spiro atoms. The molecule has 0 unspecified atom stereocenters. The van der Waals surface area contributed by atoms with Crippen LogP contribution >= 0.6 is 23.2 Å². The van der Waals surface area contributed by atoms with E-state index < -0.39 is 17.7 Å². The Kier molecular flexibility index (Phi) is 8.05. The van der Waals surface area contributed by atoms with E-state index in [1.807, 2.05) is 32.8 Å². The molecule has 8 heteroatoms. The Hall–Kier alpha value is -2.54. The summed E-state index contributed by atoms with van der Waals surface area (Å²) in [6.45, 7) is 4.91. The predicted octanol–water partition coefficient (Wildman–Crippen LogP) is 5.15. The fourth-order valence-corrected chi connectivity index (χ4v) is 4.35. The molecule has 1 aliphatic heterocycles. The Labute approximate surface area is 204 Å². The van der Waals surface area contributed by atoms with Crippen LogP contribution in [0.25, 0.3) is 5.76 Å². The van der Waals surface area contributed by atoms with Crippen molar-refractivity contribution in [2.45, 2.75) is 32.4 Å². The van der Waals surface area contributed by atoms with Gasteiger partial charge in [-0.05, 0) is 82.9 Å². The van der Waals surface area contributed by atoms with E-state index in [2.05, 4.69) is 0 Å². The summed E-state index contributed by atoms with van der Waals surface area (Å²) in [4.78, 5) is 29.6. The molecule has 0 radical (unpaired) electrons. The van der Waals surface area contributed by atoms with Gasteiger partial charge in [-0.25, -0.2) is 0 Å².